The third-order valence-electron chi connectivity index (χ3n) is 15.6. The summed E-state index contributed by atoms with van der Waals surface area (Å²) in [6.07, 6.45) is 4.58. The van der Waals surface area contributed by atoms with Gasteiger partial charge in [0.15, 0.2) is 13.2 Å². The van der Waals surface area contributed by atoms with Crippen LogP contribution in [0.25, 0.3) is 60.9 Å². The first-order valence-electron chi connectivity index (χ1n) is 27.3. The fraction of sp³-hybridized carbons (Fsp3) is 0.151. The first-order valence-corrected chi connectivity index (χ1v) is 27.3. The third-order valence-corrected chi connectivity index (χ3v) is 15.6. The molecule has 10 aromatic carbocycles. The van der Waals surface area contributed by atoms with Crippen LogP contribution >= 0.6 is 0 Å². The third kappa shape index (κ3) is 11.5. The maximum absolute atomic E-state index is 12.3. The second-order valence-electron chi connectivity index (χ2n) is 20.9. The van der Waals surface area contributed by atoms with Gasteiger partial charge in [0.1, 0.15) is 11.5 Å². The second-order valence-corrected chi connectivity index (χ2v) is 20.9. The fourth-order valence-electron chi connectivity index (χ4n) is 11.9. The van der Waals surface area contributed by atoms with Crippen LogP contribution in [0.2, 0.25) is 0 Å². The first kappa shape index (κ1) is 54.2. The van der Waals surface area contributed by atoms with E-state index in [4.69, 9.17) is 9.47 Å². The number of nitrogens with zero attached hydrogens (tertiary/aromatic N) is 1. The van der Waals surface area contributed by atoms with Crippen LogP contribution in [-0.4, -0.2) is 37.5 Å². The average molecular weight is 1110 g/mol. The molecule has 390 valence electrons. The Hall–Kier alpha value is -8.18. The van der Waals surface area contributed by atoms with Crippen molar-refractivity contribution in [2.24, 2.45) is 11.8 Å². The van der Waals surface area contributed by atoms with Gasteiger partial charge in [-0.25, -0.2) is 0 Å². The van der Waals surface area contributed by atoms with Gasteiger partial charge in [-0.2, -0.15) is 49.2 Å². The summed E-state index contributed by atoms with van der Waals surface area (Å²) in [4.78, 5) is 0. The molecular formula is C73H67NO4Zr+2. The van der Waals surface area contributed by atoms with E-state index >= 15 is 0 Å². The van der Waals surface area contributed by atoms with Gasteiger partial charge in [0.2, 0.25) is 0 Å². The number of aryl methyl sites for hydroxylation is 2. The van der Waals surface area contributed by atoms with Crippen molar-refractivity contribution in [3.8, 4) is 62.1 Å². The van der Waals surface area contributed by atoms with Crippen molar-refractivity contribution in [2.75, 3.05) is 13.2 Å². The molecule has 0 radical (unpaired) electrons. The number of rotatable bonds is 10. The summed E-state index contributed by atoms with van der Waals surface area (Å²) in [5.74, 6) is 3.06. The van der Waals surface area contributed by atoms with Crippen LogP contribution in [-0.2, 0) is 26.2 Å². The molecule has 0 bridgehead atoms. The molecule has 0 spiro atoms. The van der Waals surface area contributed by atoms with E-state index in [0.29, 0.717) is 30.8 Å². The molecule has 0 saturated heterocycles. The van der Waals surface area contributed by atoms with E-state index in [0.717, 1.165) is 102 Å². The van der Waals surface area contributed by atoms with E-state index in [2.05, 4.69) is 184 Å². The van der Waals surface area contributed by atoms with Gasteiger partial charge >= 0.3 is 26.2 Å². The Labute approximate surface area is 484 Å². The van der Waals surface area contributed by atoms with Crippen LogP contribution in [0, 0.1) is 39.5 Å². The van der Waals surface area contributed by atoms with Gasteiger partial charge in [-0.1, -0.05) is 140 Å². The van der Waals surface area contributed by atoms with Crippen molar-refractivity contribution in [2.45, 2.75) is 45.4 Å². The largest absolute Gasteiger partial charge is 2.00 e. The Kier molecular flexibility index (Phi) is 16.9. The number of para-hydroxylation sites is 4. The quantitative estimate of drug-likeness (QED) is 0.106. The Balaban J connectivity index is 0.000000410. The monoisotopic (exact) mass is 1110 g/mol. The van der Waals surface area contributed by atoms with E-state index < -0.39 is 0 Å². The van der Waals surface area contributed by atoms with Crippen LogP contribution in [0.5, 0.6) is 23.0 Å². The van der Waals surface area contributed by atoms with Crippen molar-refractivity contribution in [1.29, 1.82) is 0 Å². The zero-order valence-corrected chi connectivity index (χ0v) is 47.5. The Morgan fingerprint density at radius 3 is 1.28 bits per heavy atom. The average Bonchev–Trinajstić information content (AvgIpc) is 4.24. The summed E-state index contributed by atoms with van der Waals surface area (Å²) in [6, 6.07) is 78.8. The standard InChI is InChI=1S/C59H51NO4.2C7H7.Zr/c1-37-31-49(58(61)51(33-37)57-47-25-7-5-19-41(47)42-20-6-8-26-48(42)57)45-23-11-15-29-55(45)63-35-39-17-3-4-18-40(39)36-64-56-30-16-12-24-46(56)50-32-38(2)34-54(59(50)62)60-52-27-13-9-21-43(52)44-22-10-14-28-53(44)60;2*1-7-5-3-2-4-6-7;/h5-16,19-34,39-40,57,61-62H,3-4,17-18,35-36H2,1-2H3;2*2-6H,1H2;/q;2*-1;+2/p+2. The molecule has 11 aromatic rings. The van der Waals surface area contributed by atoms with Gasteiger partial charge in [0.25, 0.3) is 11.5 Å². The zero-order chi connectivity index (χ0) is 53.5. The van der Waals surface area contributed by atoms with Crippen molar-refractivity contribution >= 4 is 21.8 Å². The van der Waals surface area contributed by atoms with Gasteiger partial charge in [-0.15, -0.1) is 24.3 Å². The second kappa shape index (κ2) is 24.7. The molecule has 0 aliphatic heterocycles. The van der Waals surface area contributed by atoms with Crippen molar-refractivity contribution in [3.05, 3.63) is 283 Å². The summed E-state index contributed by atoms with van der Waals surface area (Å²) in [5.41, 5.74) is 16.5. The van der Waals surface area contributed by atoms with Crippen LogP contribution < -0.4 is 0 Å². The molecule has 13 rings (SSSR count). The zero-order valence-electron chi connectivity index (χ0n) is 45.1. The van der Waals surface area contributed by atoms with Crippen molar-refractivity contribution < 1.29 is 45.9 Å². The maximum Gasteiger partial charge on any atom is 2.00 e. The van der Waals surface area contributed by atoms with Gasteiger partial charge in [0, 0.05) is 57.3 Å². The van der Waals surface area contributed by atoms with E-state index in [1.54, 1.807) is 0 Å². The van der Waals surface area contributed by atoms with Crippen LogP contribution in [0.3, 0.4) is 0 Å². The number of aromatic nitrogens is 1. The molecule has 1 fully saturated rings. The van der Waals surface area contributed by atoms with E-state index in [1.807, 2.05) is 78.9 Å². The molecule has 0 amide bonds. The van der Waals surface area contributed by atoms with Crippen molar-refractivity contribution in [3.63, 3.8) is 0 Å². The number of ether oxygens (including phenoxy) is 2. The molecule has 79 heavy (non-hydrogen) atoms. The number of hydrogen-bond acceptors (Lipinski definition) is 2. The van der Waals surface area contributed by atoms with Gasteiger partial charge in [0.05, 0.1) is 27.8 Å². The minimum Gasteiger partial charge on any atom is -0.582 e. The van der Waals surface area contributed by atoms with E-state index in [1.165, 1.54) is 35.1 Å². The molecule has 5 nitrogen and oxygen atoms in total. The normalized spacial score (nSPS) is 14.4. The predicted molar refractivity (Wildman–Crippen MR) is 324 cm³/mol. The molecule has 2 aliphatic rings. The molecule has 2 aliphatic carbocycles. The molecule has 1 aromatic heterocycles. The summed E-state index contributed by atoms with van der Waals surface area (Å²) in [5, 5.41) is 26.8. The summed E-state index contributed by atoms with van der Waals surface area (Å²) < 4.78 is 12.9. The first-order chi connectivity index (χ1) is 38.2. The SMILES string of the molecule is Cc1cc(-c2ccccc2[OH+]CC2CCCCC2C[OH+]c2ccccc2-c2cc(C)cc(-n3c4ccccc4c4ccccc43)c2O)c(O)c(C2c3ccccc3-c3ccccc32)c1.[CH2-]c1ccccc1.[CH2-]c1ccccc1.[Zr+2]. The number of hydrogen-bond donors (Lipinski definition) is 2. The summed E-state index contributed by atoms with van der Waals surface area (Å²) >= 11 is 0. The molecular weight excluding hydrogens is 1050 g/mol. The molecule has 6 heteroatoms. The van der Waals surface area contributed by atoms with E-state index in [9.17, 15) is 10.2 Å². The molecule has 4 N–H and O–H groups in total. The molecule has 1 saturated carbocycles. The van der Waals surface area contributed by atoms with Crippen LogP contribution in [0.15, 0.2) is 231 Å². The minimum absolute atomic E-state index is 0. The number of fused-ring (bicyclic) bond motifs is 6. The molecule has 2 unspecified atom stereocenters. The number of aliphatic hydroxyl groups is 2. The van der Waals surface area contributed by atoms with E-state index in [-0.39, 0.29) is 37.9 Å². The number of aromatic hydroxyl groups is 4. The van der Waals surface area contributed by atoms with Crippen LogP contribution in [0.1, 0.15) is 70.5 Å². The molecule has 2 atom stereocenters. The minimum atomic E-state index is -0.0518. The number of phenols is 2. The fourth-order valence-corrected chi connectivity index (χ4v) is 11.9. The summed E-state index contributed by atoms with van der Waals surface area (Å²) in [7, 11) is 0. The maximum atomic E-state index is 12.3. The topological polar surface area (TPSA) is 71.0 Å². The van der Waals surface area contributed by atoms with Crippen LogP contribution in [0.4, 0.5) is 0 Å². The van der Waals surface area contributed by atoms with Gasteiger partial charge in [-0.05, 0) is 103 Å². The van der Waals surface area contributed by atoms with Gasteiger partial charge in [-0.3, -0.25) is 0 Å². The Bertz CT molecular complexity index is 3730. The predicted octanol–water partition coefficient (Wildman–Crippen LogP) is 18.0. The Morgan fingerprint density at radius 1 is 0.418 bits per heavy atom. The summed E-state index contributed by atoms with van der Waals surface area (Å²) in [6.45, 7) is 13.1. The Morgan fingerprint density at radius 2 is 0.810 bits per heavy atom. The van der Waals surface area contributed by atoms with Gasteiger partial charge < -0.3 is 24.3 Å². The molecule has 1 heterocycles. The number of phenolic OH excluding ortho intramolecular Hbond substituents is 2. The van der Waals surface area contributed by atoms with Crippen molar-refractivity contribution in [1.82, 2.24) is 4.57 Å². The smallest absolute Gasteiger partial charge is 0.582 e. The number of benzene rings is 10.